The van der Waals surface area contributed by atoms with Crippen LogP contribution in [-0.2, 0) is 28.7 Å². The van der Waals surface area contributed by atoms with Gasteiger partial charge in [0.05, 0.1) is 36.6 Å². The van der Waals surface area contributed by atoms with Gasteiger partial charge in [-0.3, -0.25) is 19.2 Å². The molecule has 9 atom stereocenters. The molecule has 50 heavy (non-hydrogen) atoms. The minimum absolute atomic E-state index is 0.209. The molecule has 10 nitrogen and oxygen atoms in total. The summed E-state index contributed by atoms with van der Waals surface area (Å²) in [5.74, 6) is -3.79. The summed E-state index contributed by atoms with van der Waals surface area (Å²) in [6.07, 6.45) is 2.71. The molecule has 3 aliphatic rings. The predicted octanol–water partition coefficient (Wildman–Crippen LogP) is 5.04. The summed E-state index contributed by atoms with van der Waals surface area (Å²) in [5, 5.41) is 13.8. The Hall–Kier alpha value is -3.80. The minimum Gasteiger partial charge on any atom is -0.455 e. The van der Waals surface area contributed by atoms with Gasteiger partial charge in [-0.15, -0.1) is 13.2 Å². The van der Waals surface area contributed by atoms with Crippen molar-refractivity contribution >= 4 is 39.6 Å². The third kappa shape index (κ3) is 6.92. The fraction of sp³-hybridized carbons (Fsp3) is 0.487. The van der Waals surface area contributed by atoms with Gasteiger partial charge in [-0.2, -0.15) is 0 Å². The van der Waals surface area contributed by atoms with E-state index in [0.29, 0.717) is 24.0 Å². The lowest BCUT2D eigenvalue weighted by molar-refractivity contribution is -0.162. The number of ether oxygens (including phenoxy) is 2. The van der Waals surface area contributed by atoms with Crippen LogP contribution in [-0.4, -0.2) is 85.9 Å². The van der Waals surface area contributed by atoms with E-state index >= 15 is 0 Å². The quantitative estimate of drug-likeness (QED) is 0.158. The zero-order chi connectivity index (χ0) is 36.4. The average Bonchev–Trinajstić information content (AvgIpc) is 3.68. The van der Waals surface area contributed by atoms with E-state index in [9.17, 15) is 24.3 Å². The topological polar surface area (TPSA) is 125 Å². The molecule has 2 N–H and O–H groups in total. The van der Waals surface area contributed by atoms with Crippen molar-refractivity contribution in [3.63, 3.8) is 0 Å². The first-order valence-corrected chi connectivity index (χ1v) is 18.1. The zero-order valence-electron chi connectivity index (χ0n) is 29.2. The van der Waals surface area contributed by atoms with E-state index in [0.717, 1.165) is 0 Å². The monoisotopic (exact) mass is 749 g/mol. The number of aliphatic hydroxyl groups excluding tert-OH is 1. The zero-order valence-corrected chi connectivity index (χ0v) is 30.8. The van der Waals surface area contributed by atoms with Gasteiger partial charge in [0.1, 0.15) is 17.7 Å². The van der Waals surface area contributed by atoms with Crippen molar-refractivity contribution in [2.24, 2.45) is 11.8 Å². The SMILES string of the molecule is C=CCCC(=O)N[C@@H](C)[C@H](OC(=O)[C@@H]1[C@H]2O[C@@]3(CC2Br)[C@H](C(=O)N(CC=C)C(C)(C)C)N([C@H](CO)c2ccccc2)C(=O)[C@@H]13)c1ccccc1. The van der Waals surface area contributed by atoms with E-state index in [4.69, 9.17) is 9.47 Å². The van der Waals surface area contributed by atoms with Crippen molar-refractivity contribution in [2.45, 2.75) is 93.3 Å². The van der Waals surface area contributed by atoms with Crippen LogP contribution < -0.4 is 5.32 Å². The summed E-state index contributed by atoms with van der Waals surface area (Å²) in [5.41, 5.74) is -0.698. The number of alkyl halides is 1. The summed E-state index contributed by atoms with van der Waals surface area (Å²) in [7, 11) is 0. The maximum absolute atomic E-state index is 14.9. The van der Waals surface area contributed by atoms with E-state index in [1.54, 1.807) is 36.1 Å². The largest absolute Gasteiger partial charge is 0.455 e. The van der Waals surface area contributed by atoms with Crippen molar-refractivity contribution in [1.82, 2.24) is 15.1 Å². The number of carbonyl (C=O) groups is 4. The van der Waals surface area contributed by atoms with E-state index in [-0.39, 0.29) is 29.6 Å². The van der Waals surface area contributed by atoms with Crippen LogP contribution in [0.2, 0.25) is 0 Å². The molecule has 268 valence electrons. The van der Waals surface area contributed by atoms with Crippen LogP contribution in [0.1, 0.15) is 70.2 Å². The first-order valence-electron chi connectivity index (χ1n) is 17.2. The van der Waals surface area contributed by atoms with E-state index in [1.807, 2.05) is 69.3 Å². The smallest absolute Gasteiger partial charge is 0.313 e. The number of rotatable bonds is 14. The first kappa shape index (κ1) is 37.5. The Kier molecular flexibility index (Phi) is 11.4. The van der Waals surface area contributed by atoms with Gasteiger partial charge in [-0.1, -0.05) is 88.7 Å². The molecule has 1 unspecified atom stereocenters. The molecule has 2 aromatic carbocycles. The van der Waals surface area contributed by atoms with Crippen molar-refractivity contribution in [1.29, 1.82) is 0 Å². The first-order chi connectivity index (χ1) is 23.8. The number of aliphatic hydroxyl groups is 1. The summed E-state index contributed by atoms with van der Waals surface area (Å²) in [6, 6.07) is 15.6. The highest BCUT2D eigenvalue weighted by molar-refractivity contribution is 9.09. The standard InChI is InChI=1S/C39H48BrN3O7/c1-7-9-20-29(45)41-24(3)32(26-18-14-11-15-19-26)49-37(48)30-31-35(46)43(28(23-44)25-16-12-10-13-17-25)34(39(31)22-27(40)33(30)50-39)36(47)42(21-8-2)38(4,5)6/h7-8,10-19,24,27-28,30-34,44H,1-2,9,20-23H2,3-6H3,(H,41,45)/t24-,27?,28+,30-,31+,32-,33-,34-,39+/m0/s1. The number of hydrogen-bond acceptors (Lipinski definition) is 7. The molecule has 2 aromatic rings. The Bertz CT molecular complexity index is 1580. The number of nitrogens with zero attached hydrogens (tertiary/aromatic N) is 2. The van der Waals surface area contributed by atoms with Gasteiger partial charge in [0.2, 0.25) is 17.7 Å². The summed E-state index contributed by atoms with van der Waals surface area (Å²) in [4.78, 5) is 59.8. The molecular weight excluding hydrogens is 702 g/mol. The minimum atomic E-state index is -1.38. The van der Waals surface area contributed by atoms with Crippen molar-refractivity contribution < 1.29 is 33.8 Å². The molecule has 2 bridgehead atoms. The molecular formula is C39H48BrN3O7. The van der Waals surface area contributed by atoms with Crippen LogP contribution >= 0.6 is 15.9 Å². The van der Waals surface area contributed by atoms with E-state index in [2.05, 4.69) is 34.4 Å². The van der Waals surface area contributed by atoms with Crippen LogP contribution in [0.5, 0.6) is 0 Å². The highest BCUT2D eigenvalue weighted by atomic mass is 79.9. The molecule has 3 heterocycles. The van der Waals surface area contributed by atoms with Crippen LogP contribution in [0.3, 0.4) is 0 Å². The lowest BCUT2D eigenvalue weighted by atomic mass is 9.70. The van der Waals surface area contributed by atoms with Gasteiger partial charge in [0.25, 0.3) is 0 Å². The molecule has 3 aliphatic heterocycles. The van der Waals surface area contributed by atoms with Crippen LogP contribution in [0.25, 0.3) is 0 Å². The van der Waals surface area contributed by atoms with Gasteiger partial charge in [-0.25, -0.2) is 0 Å². The second kappa shape index (κ2) is 15.2. The Balaban J connectivity index is 1.57. The molecule has 0 aliphatic carbocycles. The second-order valence-corrected chi connectivity index (χ2v) is 15.6. The summed E-state index contributed by atoms with van der Waals surface area (Å²) >= 11 is 3.74. The Morgan fingerprint density at radius 3 is 2.28 bits per heavy atom. The molecule has 1 spiro atoms. The number of amides is 3. The number of likely N-dealkylation sites (tertiary alicyclic amines) is 1. The van der Waals surface area contributed by atoms with Gasteiger partial charge in [0.15, 0.2) is 0 Å². The molecule has 3 amide bonds. The molecule has 3 fully saturated rings. The average molecular weight is 751 g/mol. The Morgan fingerprint density at radius 1 is 1.10 bits per heavy atom. The van der Waals surface area contributed by atoms with Crippen molar-refractivity contribution in [3.8, 4) is 0 Å². The highest BCUT2D eigenvalue weighted by Crippen LogP contribution is 2.61. The molecule has 5 rings (SSSR count). The number of carbonyl (C=O) groups excluding carboxylic acids is 4. The number of nitrogens with one attached hydrogen (secondary N) is 1. The normalized spacial score (nSPS) is 27.2. The fourth-order valence-corrected chi connectivity index (χ4v) is 8.84. The number of allylic oxidation sites excluding steroid dienone is 1. The third-order valence-electron chi connectivity index (χ3n) is 10.1. The van der Waals surface area contributed by atoms with Gasteiger partial charge >= 0.3 is 5.97 Å². The second-order valence-electron chi connectivity index (χ2n) is 14.4. The van der Waals surface area contributed by atoms with Gasteiger partial charge in [-0.05, 0) is 51.7 Å². The lowest BCUT2D eigenvalue weighted by Crippen LogP contribution is -2.60. The fourth-order valence-electron chi connectivity index (χ4n) is 7.89. The highest BCUT2D eigenvalue weighted by Gasteiger charge is 2.78. The number of halogens is 1. The Labute approximate surface area is 303 Å². The van der Waals surface area contributed by atoms with E-state index in [1.165, 1.54) is 4.90 Å². The van der Waals surface area contributed by atoms with Gasteiger partial charge < -0.3 is 29.7 Å². The summed E-state index contributed by atoms with van der Waals surface area (Å²) in [6.45, 7) is 14.8. The van der Waals surface area contributed by atoms with Gasteiger partial charge in [0, 0.05) is 23.3 Å². The van der Waals surface area contributed by atoms with Crippen molar-refractivity contribution in [2.75, 3.05) is 13.2 Å². The molecule has 0 aromatic heterocycles. The predicted molar refractivity (Wildman–Crippen MR) is 193 cm³/mol. The number of benzene rings is 2. The van der Waals surface area contributed by atoms with Crippen molar-refractivity contribution in [3.05, 3.63) is 97.1 Å². The number of hydrogen-bond donors (Lipinski definition) is 2. The molecule has 0 saturated carbocycles. The lowest BCUT2D eigenvalue weighted by Gasteiger charge is -2.43. The van der Waals surface area contributed by atoms with E-state index < -0.39 is 71.8 Å². The maximum Gasteiger partial charge on any atom is 0.313 e. The molecule has 3 saturated heterocycles. The summed E-state index contributed by atoms with van der Waals surface area (Å²) < 4.78 is 13.0. The van der Waals surface area contributed by atoms with Crippen LogP contribution in [0, 0.1) is 11.8 Å². The van der Waals surface area contributed by atoms with Crippen LogP contribution in [0.4, 0.5) is 0 Å². The maximum atomic E-state index is 14.9. The molecule has 11 heteroatoms. The Morgan fingerprint density at radius 2 is 1.72 bits per heavy atom. The third-order valence-corrected chi connectivity index (χ3v) is 10.9. The molecule has 0 radical (unpaired) electrons. The van der Waals surface area contributed by atoms with Crippen LogP contribution in [0.15, 0.2) is 86.0 Å². The number of fused-ring (bicyclic) bond motifs is 1. The number of esters is 1.